The normalized spacial score (nSPS) is 23.8. The predicted octanol–water partition coefficient (Wildman–Crippen LogP) is 2.15. The minimum atomic E-state index is 0.700. The summed E-state index contributed by atoms with van der Waals surface area (Å²) in [5.41, 5.74) is 3.17. The number of piperazine rings is 1. The summed E-state index contributed by atoms with van der Waals surface area (Å²) >= 11 is 0. The highest BCUT2D eigenvalue weighted by Gasteiger charge is 2.31. The topological polar surface area (TPSA) is 30.3 Å². The van der Waals surface area contributed by atoms with E-state index in [0.717, 1.165) is 30.9 Å². The van der Waals surface area contributed by atoms with Crippen molar-refractivity contribution in [2.45, 2.75) is 25.8 Å². The van der Waals surface area contributed by atoms with Crippen LogP contribution < -0.4 is 4.90 Å². The zero-order valence-corrected chi connectivity index (χ0v) is 10.9. The molecule has 0 N–H and O–H groups in total. The lowest BCUT2D eigenvalue weighted by Gasteiger charge is -2.39. The molecule has 2 aliphatic heterocycles. The molecule has 2 aliphatic rings. The van der Waals surface area contributed by atoms with Crippen LogP contribution in [-0.4, -0.2) is 37.1 Å². The average molecular weight is 241 g/mol. The summed E-state index contributed by atoms with van der Waals surface area (Å²) < 4.78 is 0. The average Bonchev–Trinajstić information content (AvgIpc) is 2.85. The number of aryl methyl sites for hydroxylation is 1. The number of benzene rings is 1. The second-order valence-corrected chi connectivity index (χ2v) is 5.41. The first-order valence-electron chi connectivity index (χ1n) is 6.77. The molecule has 2 saturated heterocycles. The summed E-state index contributed by atoms with van der Waals surface area (Å²) in [6, 6.07) is 9.15. The van der Waals surface area contributed by atoms with Crippen molar-refractivity contribution in [1.29, 1.82) is 5.26 Å². The zero-order valence-electron chi connectivity index (χ0n) is 10.9. The molecule has 0 spiro atoms. The Bertz CT molecular complexity index is 489. The second kappa shape index (κ2) is 4.62. The molecule has 2 fully saturated rings. The van der Waals surface area contributed by atoms with Crippen LogP contribution in [0.5, 0.6) is 0 Å². The predicted molar refractivity (Wildman–Crippen MR) is 72.7 cm³/mol. The van der Waals surface area contributed by atoms with Crippen molar-refractivity contribution in [3.63, 3.8) is 0 Å². The van der Waals surface area contributed by atoms with Crippen LogP contribution in [0.3, 0.4) is 0 Å². The Morgan fingerprint density at radius 2 is 2.17 bits per heavy atom. The van der Waals surface area contributed by atoms with E-state index in [-0.39, 0.29) is 0 Å². The molecule has 0 amide bonds. The molecule has 1 aromatic rings. The van der Waals surface area contributed by atoms with E-state index in [4.69, 9.17) is 0 Å². The Balaban J connectivity index is 1.87. The Hall–Kier alpha value is -1.53. The summed E-state index contributed by atoms with van der Waals surface area (Å²) in [7, 11) is 0. The molecule has 1 unspecified atom stereocenters. The van der Waals surface area contributed by atoms with E-state index in [1.54, 1.807) is 0 Å². The number of anilines is 1. The fourth-order valence-electron chi connectivity index (χ4n) is 3.21. The van der Waals surface area contributed by atoms with Crippen LogP contribution in [0.1, 0.15) is 24.0 Å². The molecule has 1 aromatic carbocycles. The molecule has 0 aliphatic carbocycles. The number of nitrogens with zero attached hydrogens (tertiary/aromatic N) is 3. The SMILES string of the molecule is Cc1ccc(C#N)c(N2CCN3CCCC3C2)c1. The molecule has 3 heteroatoms. The molecule has 2 heterocycles. The lowest BCUT2D eigenvalue weighted by atomic mass is 10.1. The Morgan fingerprint density at radius 1 is 1.28 bits per heavy atom. The number of fused-ring (bicyclic) bond motifs is 1. The lowest BCUT2D eigenvalue weighted by molar-refractivity contribution is 0.231. The summed E-state index contributed by atoms with van der Waals surface area (Å²) in [5, 5.41) is 9.24. The van der Waals surface area contributed by atoms with Gasteiger partial charge >= 0.3 is 0 Å². The second-order valence-electron chi connectivity index (χ2n) is 5.41. The monoisotopic (exact) mass is 241 g/mol. The van der Waals surface area contributed by atoms with Gasteiger partial charge in [0.05, 0.1) is 11.3 Å². The fourth-order valence-corrected chi connectivity index (χ4v) is 3.21. The first-order chi connectivity index (χ1) is 8.78. The molecule has 0 aromatic heterocycles. The van der Waals surface area contributed by atoms with Gasteiger partial charge in [0.15, 0.2) is 0 Å². The molecule has 94 valence electrons. The van der Waals surface area contributed by atoms with Gasteiger partial charge in [-0.15, -0.1) is 0 Å². The van der Waals surface area contributed by atoms with Crippen molar-refractivity contribution in [2.24, 2.45) is 0 Å². The third-order valence-corrected chi connectivity index (χ3v) is 4.20. The van der Waals surface area contributed by atoms with Gasteiger partial charge in [0.25, 0.3) is 0 Å². The van der Waals surface area contributed by atoms with Gasteiger partial charge in [-0.2, -0.15) is 5.26 Å². The maximum absolute atomic E-state index is 9.24. The van der Waals surface area contributed by atoms with Gasteiger partial charge < -0.3 is 4.90 Å². The minimum absolute atomic E-state index is 0.700. The molecule has 0 radical (unpaired) electrons. The molecule has 1 atom stereocenters. The summed E-state index contributed by atoms with van der Waals surface area (Å²) in [6.07, 6.45) is 2.64. The van der Waals surface area contributed by atoms with E-state index in [2.05, 4.69) is 28.9 Å². The van der Waals surface area contributed by atoms with Crippen LogP contribution in [0.4, 0.5) is 5.69 Å². The third-order valence-electron chi connectivity index (χ3n) is 4.20. The Labute approximate surface area is 109 Å². The number of nitriles is 1. The summed E-state index contributed by atoms with van der Waals surface area (Å²) in [5.74, 6) is 0. The molecule has 3 nitrogen and oxygen atoms in total. The van der Waals surface area contributed by atoms with E-state index < -0.39 is 0 Å². The standard InChI is InChI=1S/C15H19N3/c1-12-4-5-13(10-16)15(9-12)18-8-7-17-6-2-3-14(17)11-18/h4-5,9,14H,2-3,6-8,11H2,1H3. The first-order valence-corrected chi connectivity index (χ1v) is 6.77. The van der Waals surface area contributed by atoms with Crippen LogP contribution in [-0.2, 0) is 0 Å². The fraction of sp³-hybridized carbons (Fsp3) is 0.533. The molecule has 3 rings (SSSR count). The number of hydrogen-bond donors (Lipinski definition) is 0. The Kier molecular flexibility index (Phi) is 2.97. The first kappa shape index (κ1) is 11.6. The van der Waals surface area contributed by atoms with Crippen LogP contribution in [0.15, 0.2) is 18.2 Å². The van der Waals surface area contributed by atoms with E-state index in [9.17, 15) is 5.26 Å². The molecular formula is C15H19N3. The van der Waals surface area contributed by atoms with Crippen LogP contribution in [0, 0.1) is 18.3 Å². The van der Waals surface area contributed by atoms with Crippen molar-refractivity contribution in [2.75, 3.05) is 31.1 Å². The zero-order chi connectivity index (χ0) is 12.5. The van der Waals surface area contributed by atoms with Crippen LogP contribution in [0.2, 0.25) is 0 Å². The van der Waals surface area contributed by atoms with Crippen LogP contribution >= 0.6 is 0 Å². The maximum Gasteiger partial charge on any atom is 0.101 e. The van der Waals surface area contributed by atoms with Gasteiger partial charge in [0.2, 0.25) is 0 Å². The van der Waals surface area contributed by atoms with Gasteiger partial charge in [0.1, 0.15) is 6.07 Å². The quantitative estimate of drug-likeness (QED) is 0.754. The molecule has 0 saturated carbocycles. The van der Waals surface area contributed by atoms with Gasteiger partial charge in [-0.3, -0.25) is 4.90 Å². The van der Waals surface area contributed by atoms with E-state index in [1.807, 2.05) is 12.1 Å². The van der Waals surface area contributed by atoms with Crippen molar-refractivity contribution < 1.29 is 0 Å². The molecular weight excluding hydrogens is 222 g/mol. The Morgan fingerprint density at radius 3 is 3.00 bits per heavy atom. The van der Waals surface area contributed by atoms with E-state index in [0.29, 0.717) is 6.04 Å². The number of rotatable bonds is 1. The van der Waals surface area contributed by atoms with Gasteiger partial charge in [-0.25, -0.2) is 0 Å². The van der Waals surface area contributed by atoms with Crippen molar-refractivity contribution in [3.05, 3.63) is 29.3 Å². The van der Waals surface area contributed by atoms with E-state index in [1.165, 1.54) is 24.9 Å². The summed E-state index contributed by atoms with van der Waals surface area (Å²) in [4.78, 5) is 5.00. The highest BCUT2D eigenvalue weighted by atomic mass is 15.3. The van der Waals surface area contributed by atoms with Crippen LogP contribution in [0.25, 0.3) is 0 Å². The molecule has 0 bridgehead atoms. The lowest BCUT2D eigenvalue weighted by Crippen LogP contribution is -2.50. The van der Waals surface area contributed by atoms with Crippen molar-refractivity contribution in [3.8, 4) is 6.07 Å². The molecule has 18 heavy (non-hydrogen) atoms. The number of hydrogen-bond acceptors (Lipinski definition) is 3. The largest absolute Gasteiger partial charge is 0.368 e. The van der Waals surface area contributed by atoms with Gasteiger partial charge in [-0.1, -0.05) is 6.07 Å². The summed E-state index contributed by atoms with van der Waals surface area (Å²) in [6.45, 7) is 6.63. The van der Waals surface area contributed by atoms with E-state index >= 15 is 0 Å². The third kappa shape index (κ3) is 1.97. The maximum atomic E-state index is 9.24. The smallest absolute Gasteiger partial charge is 0.101 e. The minimum Gasteiger partial charge on any atom is -0.368 e. The van der Waals surface area contributed by atoms with Gasteiger partial charge in [0, 0.05) is 25.7 Å². The highest BCUT2D eigenvalue weighted by molar-refractivity contribution is 5.61. The highest BCUT2D eigenvalue weighted by Crippen LogP contribution is 2.28. The van der Waals surface area contributed by atoms with Crippen molar-refractivity contribution >= 4 is 5.69 Å². The van der Waals surface area contributed by atoms with Gasteiger partial charge in [-0.05, 0) is 44.0 Å². The van der Waals surface area contributed by atoms with Crippen molar-refractivity contribution in [1.82, 2.24) is 4.90 Å².